The topological polar surface area (TPSA) is 445 Å². The first kappa shape index (κ1) is 72.3. The molecule has 29 nitrogen and oxygen atoms in total. The van der Waals surface area contributed by atoms with Gasteiger partial charge in [-0.15, -0.1) is 11.8 Å². The van der Waals surface area contributed by atoms with E-state index in [1.165, 1.54) is 14.0 Å². The summed E-state index contributed by atoms with van der Waals surface area (Å²) in [6.45, 7) is 6.82. The zero-order chi connectivity index (χ0) is 62.5. The van der Waals surface area contributed by atoms with Crippen LogP contribution in [0.5, 0.6) is 0 Å². The second kappa shape index (κ2) is 32.3. The van der Waals surface area contributed by atoms with Crippen LogP contribution in [0.15, 0.2) is 0 Å². The van der Waals surface area contributed by atoms with Gasteiger partial charge in [0.15, 0.2) is 0 Å². The number of likely N-dealkylation sites (tertiary alicyclic amines) is 1. The van der Waals surface area contributed by atoms with Gasteiger partial charge in [-0.3, -0.25) is 29.4 Å². The molecule has 5 fully saturated rings. The number of amides is 4. The number of hydrogen-bond acceptors (Lipinski definition) is 27. The van der Waals surface area contributed by atoms with Crippen LogP contribution in [-0.2, 0) is 61.8 Å². The molecule has 5 aliphatic heterocycles. The predicted molar refractivity (Wildman–Crippen MR) is 298 cm³/mol. The van der Waals surface area contributed by atoms with Gasteiger partial charge in [-0.1, -0.05) is 13.8 Å². The van der Waals surface area contributed by atoms with Crippen molar-refractivity contribution in [2.24, 2.45) is 41.1 Å². The van der Waals surface area contributed by atoms with Crippen LogP contribution in [0, 0.1) is 29.6 Å². The third-order valence-corrected chi connectivity index (χ3v) is 19.0. The minimum atomic E-state index is -1.52. The molecule has 0 aliphatic carbocycles. The molecule has 0 aromatic heterocycles. The normalized spacial score (nSPS) is 40.0. The summed E-state index contributed by atoms with van der Waals surface area (Å²) < 4.78 is 55.0. The van der Waals surface area contributed by atoms with E-state index in [1.54, 1.807) is 34.6 Å². The number of primary amides is 1. The van der Waals surface area contributed by atoms with E-state index in [1.807, 2.05) is 6.92 Å². The number of methoxy groups -OCH3 is 1. The first-order valence-corrected chi connectivity index (χ1v) is 30.0. The summed E-state index contributed by atoms with van der Waals surface area (Å²) in [7, 11) is 1.37. The maximum absolute atomic E-state index is 13.6. The number of rotatable bonds is 34. The van der Waals surface area contributed by atoms with Gasteiger partial charge in [0, 0.05) is 55.4 Å². The molecule has 5 rings (SSSR count). The van der Waals surface area contributed by atoms with E-state index in [-0.39, 0.29) is 91.4 Å². The number of aliphatic hydroxyl groups excluding tert-OH is 10. The minimum absolute atomic E-state index is 0.0395. The Morgan fingerprint density at radius 2 is 1.14 bits per heavy atom. The Hall–Kier alpha value is -2.45. The van der Waals surface area contributed by atoms with Crippen molar-refractivity contribution in [2.75, 3.05) is 118 Å². The van der Waals surface area contributed by atoms with Crippen molar-refractivity contribution in [3.63, 3.8) is 0 Å². The largest absolute Gasteiger partial charge is 0.394 e. The van der Waals surface area contributed by atoms with Crippen LogP contribution in [0.3, 0.4) is 0 Å². The second-order valence-corrected chi connectivity index (χ2v) is 25.1. The minimum Gasteiger partial charge on any atom is -0.394 e. The molecule has 5 heterocycles. The van der Waals surface area contributed by atoms with Gasteiger partial charge in [0.25, 0.3) is 0 Å². The standard InChI is InChI=1S/C54H98N6O23S/c1-9-30-45(69)41(55)34(80-51(30,4)24-62)20-77-17-32-47(71)43(58-29(3)66)37(83-54(32,7)27-65)22-79-16-31-46(70)42(57-10-12-76-13-11-61)36(82-52(31,5)25-63)21-78-18-33-48(72)44(35(19-75-8)81-53(33,6)26-64)59-39(67)15-60-40(68)14-38(50(60)74)84-23-28(2)49(56)73/h28-38,41-48,57-58,61-66,69-72H,9-27,55H2,1-8H3,(H2,56,73)(H,59,67)/t28?,29?,30-,31-,32-,33-,34-,35-,36-,37-,38?,41?,42?,43?,44?,45+,46+,47+,48+,51?,52?,53?,54?/m0/s1. The molecule has 0 radical (unpaired) electrons. The van der Waals surface area contributed by atoms with E-state index < -0.39 is 186 Å². The Balaban J connectivity index is 1.27. The fraction of sp³-hybridized carbons (Fsp3) is 0.926. The summed E-state index contributed by atoms with van der Waals surface area (Å²) >= 11 is 1.09. The van der Waals surface area contributed by atoms with Crippen molar-refractivity contribution >= 4 is 35.4 Å². The molecule has 0 bridgehead atoms. The molecule has 5 saturated heterocycles. The number of aliphatic hydroxyl groups is 10. The molecule has 4 amide bonds. The molecule has 5 aliphatic rings. The number of carbonyl (C=O) groups excluding carboxylic acids is 4. The smallest absolute Gasteiger partial charge is 0.243 e. The van der Waals surface area contributed by atoms with Crippen molar-refractivity contribution in [2.45, 2.75) is 168 Å². The summed E-state index contributed by atoms with van der Waals surface area (Å²) in [6, 6.07) is -4.04. The Morgan fingerprint density at radius 3 is 1.62 bits per heavy atom. The lowest BCUT2D eigenvalue weighted by molar-refractivity contribution is -0.263. The average molecular weight is 1230 g/mol. The van der Waals surface area contributed by atoms with Crippen molar-refractivity contribution in [1.82, 2.24) is 20.9 Å². The molecule has 0 saturated carbocycles. The number of hydrogen-bond donors (Lipinski definition) is 15. The third kappa shape index (κ3) is 17.3. The lowest BCUT2D eigenvalue weighted by Gasteiger charge is -2.52. The van der Waals surface area contributed by atoms with Crippen LogP contribution in [0.1, 0.15) is 61.3 Å². The zero-order valence-electron chi connectivity index (χ0n) is 49.7. The fourth-order valence-corrected chi connectivity index (χ4v) is 13.4. The van der Waals surface area contributed by atoms with Gasteiger partial charge in [0.1, 0.15) is 18.9 Å². The summed E-state index contributed by atoms with van der Waals surface area (Å²) in [4.78, 5) is 52.2. The highest BCUT2D eigenvalue weighted by Crippen LogP contribution is 2.41. The lowest BCUT2D eigenvalue weighted by Crippen LogP contribution is -2.69. The average Bonchev–Trinajstić information content (AvgIpc) is 1.72. The number of thioether (sulfide) groups is 1. The van der Waals surface area contributed by atoms with Gasteiger partial charge in [-0.2, -0.15) is 0 Å². The zero-order valence-corrected chi connectivity index (χ0v) is 50.5. The van der Waals surface area contributed by atoms with Crippen molar-refractivity contribution in [3.05, 3.63) is 0 Å². The molecule has 23 atom stereocenters. The van der Waals surface area contributed by atoms with E-state index in [0.29, 0.717) is 6.42 Å². The highest BCUT2D eigenvalue weighted by Gasteiger charge is 2.57. The number of nitrogens with one attached hydrogen (secondary N) is 3. The third-order valence-electron chi connectivity index (χ3n) is 17.5. The molecule has 0 spiro atoms. The van der Waals surface area contributed by atoms with E-state index in [4.69, 9.17) is 54.1 Å². The first-order valence-electron chi connectivity index (χ1n) is 28.9. The molecule has 0 aromatic carbocycles. The van der Waals surface area contributed by atoms with E-state index in [0.717, 1.165) is 16.7 Å². The SMILES string of the molecule is CC[C@H]1[C@@H](O)C(N)[C@H](COC[C@H]2[C@@H](O)C(NC(C)O)[C@H](COC[C@H]3[C@@H](O)C(NCCOCCO)[C@H](COC[C@H]4[C@@H](O)C(NC(=O)CN5C(=O)CC(SCC(C)C(N)=O)C5=O)[C@H](COC)OC4(C)CO)OC3(C)CO)OC2(C)CO)OC1(C)CO. The first-order chi connectivity index (χ1) is 39.7. The Kier molecular flexibility index (Phi) is 27.8. The van der Waals surface area contributed by atoms with Crippen LogP contribution in [0.2, 0.25) is 0 Å². The van der Waals surface area contributed by atoms with Crippen LogP contribution < -0.4 is 27.4 Å². The highest BCUT2D eigenvalue weighted by molar-refractivity contribution is 8.00. The molecule has 11 unspecified atom stereocenters. The number of imide groups is 1. The summed E-state index contributed by atoms with van der Waals surface area (Å²) in [5, 5.41) is 118. The Bertz CT molecular complexity index is 2080. The van der Waals surface area contributed by atoms with Crippen molar-refractivity contribution in [1.29, 1.82) is 0 Å². The molecular formula is C54H98N6O23S. The van der Waals surface area contributed by atoms with Crippen LogP contribution in [-0.4, -0.2) is 305 Å². The van der Waals surface area contributed by atoms with Crippen LogP contribution >= 0.6 is 11.8 Å². The van der Waals surface area contributed by atoms with E-state index in [9.17, 15) is 70.2 Å². The Morgan fingerprint density at radius 1 is 0.679 bits per heavy atom. The number of carbonyl (C=O) groups is 4. The number of ether oxygens (including phenoxy) is 9. The van der Waals surface area contributed by atoms with Crippen LogP contribution in [0.4, 0.5) is 0 Å². The molecule has 0 aromatic rings. The summed E-state index contributed by atoms with van der Waals surface area (Å²) in [5.74, 6) is -6.33. The summed E-state index contributed by atoms with van der Waals surface area (Å²) in [6.07, 6.45) is -9.94. The molecule has 30 heteroatoms. The molecule has 488 valence electrons. The second-order valence-electron chi connectivity index (χ2n) is 23.9. The lowest BCUT2D eigenvalue weighted by atomic mass is 9.76. The van der Waals surface area contributed by atoms with Gasteiger partial charge < -0.3 is 116 Å². The molecule has 17 N–H and O–H groups in total. The van der Waals surface area contributed by atoms with Crippen LogP contribution in [0.25, 0.3) is 0 Å². The van der Waals surface area contributed by atoms with Crippen molar-refractivity contribution in [3.8, 4) is 0 Å². The predicted octanol–water partition coefficient (Wildman–Crippen LogP) is -6.34. The van der Waals surface area contributed by atoms with Gasteiger partial charge in [0.2, 0.25) is 23.6 Å². The number of nitrogens with two attached hydrogens (primary N) is 2. The fourth-order valence-electron chi connectivity index (χ4n) is 12.2. The molecule has 84 heavy (non-hydrogen) atoms. The van der Waals surface area contributed by atoms with E-state index in [2.05, 4.69) is 16.0 Å². The van der Waals surface area contributed by atoms with Crippen molar-refractivity contribution < 1.29 is 113 Å². The number of nitrogens with zero attached hydrogens (tertiary/aromatic N) is 1. The van der Waals surface area contributed by atoms with Gasteiger partial charge in [0.05, 0.1) is 187 Å². The van der Waals surface area contributed by atoms with Gasteiger partial charge in [-0.25, -0.2) is 0 Å². The Labute approximate surface area is 495 Å². The molecular weight excluding hydrogens is 1130 g/mol. The monoisotopic (exact) mass is 1230 g/mol. The maximum atomic E-state index is 13.6. The van der Waals surface area contributed by atoms with E-state index >= 15 is 0 Å². The van der Waals surface area contributed by atoms with Gasteiger partial charge >= 0.3 is 0 Å². The highest BCUT2D eigenvalue weighted by atomic mass is 32.2. The quantitative estimate of drug-likeness (QED) is 0.0162. The van der Waals surface area contributed by atoms with Gasteiger partial charge in [-0.05, 0) is 41.0 Å². The summed E-state index contributed by atoms with van der Waals surface area (Å²) in [5.41, 5.74) is 6.17. The maximum Gasteiger partial charge on any atom is 0.243 e.